The zero-order valence-electron chi connectivity index (χ0n) is 10.8. The zero-order valence-corrected chi connectivity index (χ0v) is 10.8. The number of alkyl halides is 3. The predicted molar refractivity (Wildman–Crippen MR) is 65.5 cm³/mol. The van der Waals surface area contributed by atoms with Crippen LogP contribution in [0.15, 0.2) is 18.3 Å². The number of pyridine rings is 1. The molecule has 0 saturated carbocycles. The van der Waals surface area contributed by atoms with Crippen LogP contribution in [0.2, 0.25) is 0 Å². The zero-order chi connectivity index (χ0) is 13.8. The number of nitrogens with one attached hydrogen (secondary N) is 1. The van der Waals surface area contributed by atoms with E-state index in [1.165, 1.54) is 6.07 Å². The molecule has 1 aromatic rings. The molecule has 0 amide bonds. The standard InChI is InChI=1S/C12H18F3N3/c1-9(6-7-18(2)3)17-11-5-4-10(8-16-11)12(13,14)15/h4-5,8-9H,6-7H2,1-3H3,(H,16,17). The van der Waals surface area contributed by atoms with Crippen LogP contribution in [0, 0.1) is 0 Å². The van der Waals surface area contributed by atoms with Crippen LogP contribution in [-0.2, 0) is 6.18 Å². The SMILES string of the molecule is CC(CCN(C)C)Nc1ccc(C(F)(F)F)cn1. The summed E-state index contributed by atoms with van der Waals surface area (Å²) in [7, 11) is 3.95. The number of halogens is 3. The third-order valence-electron chi connectivity index (χ3n) is 2.49. The minimum Gasteiger partial charge on any atom is -0.368 e. The van der Waals surface area contributed by atoms with E-state index in [1.54, 1.807) is 0 Å². The van der Waals surface area contributed by atoms with E-state index in [2.05, 4.69) is 15.2 Å². The predicted octanol–water partition coefficient (Wildman–Crippen LogP) is 2.85. The van der Waals surface area contributed by atoms with Gasteiger partial charge in [-0.1, -0.05) is 0 Å². The van der Waals surface area contributed by atoms with Gasteiger partial charge in [0.15, 0.2) is 0 Å². The molecule has 1 atom stereocenters. The van der Waals surface area contributed by atoms with Gasteiger partial charge in [0.05, 0.1) is 5.56 Å². The second-order valence-corrected chi connectivity index (χ2v) is 4.57. The van der Waals surface area contributed by atoms with E-state index in [0.29, 0.717) is 5.82 Å². The third-order valence-corrected chi connectivity index (χ3v) is 2.49. The van der Waals surface area contributed by atoms with E-state index >= 15 is 0 Å². The minimum absolute atomic E-state index is 0.164. The Morgan fingerprint density at radius 1 is 1.33 bits per heavy atom. The number of rotatable bonds is 5. The van der Waals surface area contributed by atoms with E-state index in [1.807, 2.05) is 21.0 Å². The number of anilines is 1. The van der Waals surface area contributed by atoms with E-state index in [9.17, 15) is 13.2 Å². The van der Waals surface area contributed by atoms with E-state index < -0.39 is 11.7 Å². The maximum absolute atomic E-state index is 12.3. The molecule has 0 aliphatic carbocycles. The molecule has 0 spiro atoms. The van der Waals surface area contributed by atoms with Crippen LogP contribution in [0.5, 0.6) is 0 Å². The van der Waals surface area contributed by atoms with Crippen molar-refractivity contribution in [2.24, 2.45) is 0 Å². The Hall–Kier alpha value is -1.30. The first kappa shape index (κ1) is 14.8. The molecule has 0 aliphatic rings. The van der Waals surface area contributed by atoms with Crippen molar-refractivity contribution >= 4 is 5.82 Å². The summed E-state index contributed by atoms with van der Waals surface area (Å²) >= 11 is 0. The highest BCUT2D eigenvalue weighted by atomic mass is 19.4. The lowest BCUT2D eigenvalue weighted by molar-refractivity contribution is -0.137. The summed E-state index contributed by atoms with van der Waals surface area (Å²) in [5, 5.41) is 3.07. The third kappa shape index (κ3) is 4.91. The average Bonchev–Trinajstić information content (AvgIpc) is 2.26. The quantitative estimate of drug-likeness (QED) is 0.883. The van der Waals surface area contributed by atoms with Gasteiger partial charge in [0, 0.05) is 12.2 Å². The van der Waals surface area contributed by atoms with Crippen molar-refractivity contribution in [3.8, 4) is 0 Å². The second kappa shape index (κ2) is 6.04. The first-order chi connectivity index (χ1) is 8.29. The monoisotopic (exact) mass is 261 g/mol. The fourth-order valence-corrected chi connectivity index (χ4v) is 1.42. The van der Waals surface area contributed by atoms with Crippen molar-refractivity contribution in [3.05, 3.63) is 23.9 Å². The molecule has 0 bridgehead atoms. The Balaban J connectivity index is 2.53. The van der Waals surface area contributed by atoms with Crippen LogP contribution in [0.3, 0.4) is 0 Å². The van der Waals surface area contributed by atoms with E-state index in [-0.39, 0.29) is 6.04 Å². The number of hydrogen-bond donors (Lipinski definition) is 1. The molecule has 6 heteroatoms. The maximum Gasteiger partial charge on any atom is 0.417 e. The van der Waals surface area contributed by atoms with Crippen molar-refractivity contribution in [1.82, 2.24) is 9.88 Å². The number of hydrogen-bond acceptors (Lipinski definition) is 3. The molecule has 0 fully saturated rings. The first-order valence-electron chi connectivity index (χ1n) is 5.73. The van der Waals surface area contributed by atoms with E-state index in [4.69, 9.17) is 0 Å². The van der Waals surface area contributed by atoms with Crippen LogP contribution < -0.4 is 5.32 Å². The fourth-order valence-electron chi connectivity index (χ4n) is 1.42. The Morgan fingerprint density at radius 2 is 2.00 bits per heavy atom. The van der Waals surface area contributed by atoms with Crippen LogP contribution in [0.4, 0.5) is 19.0 Å². The molecule has 18 heavy (non-hydrogen) atoms. The largest absolute Gasteiger partial charge is 0.417 e. The molecular weight excluding hydrogens is 243 g/mol. The molecule has 1 heterocycles. The lowest BCUT2D eigenvalue weighted by Gasteiger charge is -2.17. The highest BCUT2D eigenvalue weighted by molar-refractivity contribution is 5.37. The van der Waals surface area contributed by atoms with Crippen LogP contribution >= 0.6 is 0 Å². The molecule has 0 radical (unpaired) electrons. The summed E-state index contributed by atoms with van der Waals surface area (Å²) < 4.78 is 37.0. The highest BCUT2D eigenvalue weighted by Crippen LogP contribution is 2.28. The summed E-state index contributed by atoms with van der Waals surface area (Å²) in [6.07, 6.45) is -2.58. The van der Waals surface area contributed by atoms with Crippen molar-refractivity contribution in [2.45, 2.75) is 25.6 Å². The van der Waals surface area contributed by atoms with Gasteiger partial charge in [-0.05, 0) is 46.1 Å². The van der Waals surface area contributed by atoms with Gasteiger partial charge in [0.25, 0.3) is 0 Å². The average molecular weight is 261 g/mol. The van der Waals surface area contributed by atoms with E-state index in [0.717, 1.165) is 25.2 Å². The highest BCUT2D eigenvalue weighted by Gasteiger charge is 2.30. The Kier molecular flexibility index (Phi) is 4.95. The van der Waals surface area contributed by atoms with Crippen LogP contribution in [0.1, 0.15) is 18.9 Å². The van der Waals surface area contributed by atoms with Gasteiger partial charge < -0.3 is 10.2 Å². The summed E-state index contributed by atoms with van der Waals surface area (Å²) in [6, 6.07) is 2.56. The first-order valence-corrected chi connectivity index (χ1v) is 5.73. The molecular formula is C12H18F3N3. The van der Waals surface area contributed by atoms with Crippen LogP contribution in [0.25, 0.3) is 0 Å². The summed E-state index contributed by atoms with van der Waals surface area (Å²) in [4.78, 5) is 5.82. The maximum atomic E-state index is 12.3. The lowest BCUT2D eigenvalue weighted by Crippen LogP contribution is -2.23. The number of aromatic nitrogens is 1. The topological polar surface area (TPSA) is 28.2 Å². The van der Waals surface area contributed by atoms with Crippen molar-refractivity contribution in [1.29, 1.82) is 0 Å². The van der Waals surface area contributed by atoms with Crippen LogP contribution in [-0.4, -0.2) is 36.6 Å². The molecule has 3 nitrogen and oxygen atoms in total. The van der Waals surface area contributed by atoms with Gasteiger partial charge in [0.1, 0.15) is 5.82 Å². The normalized spacial score (nSPS) is 13.7. The fraction of sp³-hybridized carbons (Fsp3) is 0.583. The van der Waals surface area contributed by atoms with Gasteiger partial charge in [-0.25, -0.2) is 4.98 Å². The Bertz CT molecular complexity index is 360. The Morgan fingerprint density at radius 3 is 2.44 bits per heavy atom. The molecule has 102 valence electrons. The van der Waals surface area contributed by atoms with Gasteiger partial charge in [0.2, 0.25) is 0 Å². The molecule has 1 N–H and O–H groups in total. The molecule has 0 aromatic carbocycles. The molecule has 1 aromatic heterocycles. The van der Waals surface area contributed by atoms with Crippen molar-refractivity contribution < 1.29 is 13.2 Å². The molecule has 0 aliphatic heterocycles. The molecule has 1 unspecified atom stereocenters. The smallest absolute Gasteiger partial charge is 0.368 e. The molecule has 0 saturated heterocycles. The molecule has 1 rings (SSSR count). The summed E-state index contributed by atoms with van der Waals surface area (Å²) in [6.45, 7) is 2.89. The minimum atomic E-state index is -4.33. The summed E-state index contributed by atoms with van der Waals surface area (Å²) in [5.41, 5.74) is -0.728. The number of nitrogens with zero attached hydrogens (tertiary/aromatic N) is 2. The van der Waals surface area contributed by atoms with Gasteiger partial charge in [-0.3, -0.25) is 0 Å². The second-order valence-electron chi connectivity index (χ2n) is 4.57. The van der Waals surface area contributed by atoms with Gasteiger partial charge in [-0.15, -0.1) is 0 Å². The lowest BCUT2D eigenvalue weighted by atomic mass is 10.2. The van der Waals surface area contributed by atoms with Gasteiger partial charge >= 0.3 is 6.18 Å². The van der Waals surface area contributed by atoms with Crippen molar-refractivity contribution in [2.75, 3.05) is 26.0 Å². The summed E-state index contributed by atoms with van der Waals surface area (Å²) in [5.74, 6) is 0.467. The Labute approximate surface area is 105 Å². The van der Waals surface area contributed by atoms with Gasteiger partial charge in [-0.2, -0.15) is 13.2 Å². The van der Waals surface area contributed by atoms with Crippen molar-refractivity contribution in [3.63, 3.8) is 0 Å².